The summed E-state index contributed by atoms with van der Waals surface area (Å²) >= 11 is 0. The van der Waals surface area contributed by atoms with Gasteiger partial charge in [-0.2, -0.15) is 5.10 Å². The lowest BCUT2D eigenvalue weighted by Gasteiger charge is -2.34. The molecule has 1 N–H and O–H groups in total. The highest BCUT2D eigenvalue weighted by atomic mass is 16.2. The Bertz CT molecular complexity index is 1130. The van der Waals surface area contributed by atoms with Gasteiger partial charge in [-0.15, -0.1) is 0 Å². The normalized spacial score (nSPS) is 16.7. The topological polar surface area (TPSA) is 75.4 Å². The van der Waals surface area contributed by atoms with Crippen molar-refractivity contribution in [2.24, 2.45) is 7.05 Å². The van der Waals surface area contributed by atoms with Gasteiger partial charge in [0.05, 0.1) is 11.7 Å². The summed E-state index contributed by atoms with van der Waals surface area (Å²) < 4.78 is 3.24. The van der Waals surface area contributed by atoms with Gasteiger partial charge in [0.15, 0.2) is 0 Å². The van der Waals surface area contributed by atoms with Crippen molar-refractivity contribution in [3.8, 4) is 0 Å². The molecule has 2 aromatic heterocycles. The van der Waals surface area contributed by atoms with Crippen LogP contribution >= 0.6 is 0 Å². The van der Waals surface area contributed by atoms with Crippen molar-refractivity contribution in [1.29, 1.82) is 0 Å². The number of piperazine rings is 1. The summed E-state index contributed by atoms with van der Waals surface area (Å²) in [6.45, 7) is 11.0. The van der Waals surface area contributed by atoms with E-state index in [0.29, 0.717) is 18.5 Å². The van der Waals surface area contributed by atoms with Crippen LogP contribution < -0.4 is 10.9 Å². The molecule has 3 heterocycles. The highest BCUT2D eigenvalue weighted by Crippen LogP contribution is 2.30. The number of amides is 1. The van der Waals surface area contributed by atoms with E-state index in [1.165, 1.54) is 4.68 Å². The molecule has 8 nitrogen and oxygen atoms in total. The Morgan fingerprint density at radius 1 is 1.10 bits per heavy atom. The number of benzene rings is 1. The summed E-state index contributed by atoms with van der Waals surface area (Å²) in [4.78, 5) is 31.0. The van der Waals surface area contributed by atoms with E-state index >= 15 is 0 Å². The third-order valence-corrected chi connectivity index (χ3v) is 6.45. The second-order valence-corrected chi connectivity index (χ2v) is 8.21. The van der Waals surface area contributed by atoms with Gasteiger partial charge in [-0.1, -0.05) is 32.0 Å². The van der Waals surface area contributed by atoms with E-state index in [1.807, 2.05) is 35.8 Å². The van der Waals surface area contributed by atoms with Crippen molar-refractivity contribution in [1.82, 2.24) is 29.5 Å². The SMILES string of the molecule is CC[C@@H](C(=O)NCCN1CCN(CC)CC1)n1c2ccccc2c2cnn(C)c(=O)c21. The summed E-state index contributed by atoms with van der Waals surface area (Å²) in [5, 5.41) is 9.05. The van der Waals surface area contributed by atoms with Crippen molar-refractivity contribution < 1.29 is 4.79 Å². The molecule has 31 heavy (non-hydrogen) atoms. The quantitative estimate of drug-likeness (QED) is 0.624. The Morgan fingerprint density at radius 3 is 2.52 bits per heavy atom. The second kappa shape index (κ2) is 9.20. The van der Waals surface area contributed by atoms with E-state index in [9.17, 15) is 9.59 Å². The standard InChI is InChI=1S/C23H32N6O2/c1-4-19(22(30)24-10-11-28-14-12-27(5-2)13-15-28)29-20-9-7-6-8-17(20)18-16-25-26(3)23(31)21(18)29/h6-9,16,19H,4-5,10-15H2,1-3H3,(H,24,30)/t19-/m0/s1. The highest BCUT2D eigenvalue weighted by Gasteiger charge is 2.25. The first-order chi connectivity index (χ1) is 15.0. The maximum Gasteiger partial charge on any atom is 0.291 e. The molecule has 166 valence electrons. The molecule has 3 aromatic rings. The van der Waals surface area contributed by atoms with Crippen molar-refractivity contribution in [3.05, 3.63) is 40.8 Å². The third-order valence-electron chi connectivity index (χ3n) is 6.45. The average molecular weight is 425 g/mol. The number of carbonyl (C=O) groups is 1. The Balaban J connectivity index is 1.56. The van der Waals surface area contributed by atoms with E-state index < -0.39 is 6.04 Å². The van der Waals surface area contributed by atoms with E-state index in [0.717, 1.165) is 55.6 Å². The van der Waals surface area contributed by atoms with Gasteiger partial charge in [-0.05, 0) is 19.0 Å². The molecule has 1 saturated heterocycles. The fourth-order valence-corrected chi connectivity index (χ4v) is 4.58. The molecule has 0 saturated carbocycles. The minimum Gasteiger partial charge on any atom is -0.353 e. The summed E-state index contributed by atoms with van der Waals surface area (Å²) in [5.41, 5.74) is 1.24. The molecular formula is C23H32N6O2. The maximum absolute atomic E-state index is 13.2. The number of nitrogens with zero attached hydrogens (tertiary/aromatic N) is 5. The molecule has 1 aliphatic rings. The molecule has 1 aliphatic heterocycles. The van der Waals surface area contributed by atoms with Crippen LogP contribution in [0.1, 0.15) is 26.3 Å². The highest BCUT2D eigenvalue weighted by molar-refractivity contribution is 6.08. The van der Waals surface area contributed by atoms with Crippen LogP contribution in [0.25, 0.3) is 21.8 Å². The first-order valence-electron chi connectivity index (χ1n) is 11.2. The number of hydrogen-bond acceptors (Lipinski definition) is 5. The monoisotopic (exact) mass is 424 g/mol. The maximum atomic E-state index is 13.2. The van der Waals surface area contributed by atoms with Crippen LogP contribution in [-0.2, 0) is 11.8 Å². The first-order valence-corrected chi connectivity index (χ1v) is 11.2. The van der Waals surface area contributed by atoms with Gasteiger partial charge >= 0.3 is 0 Å². The lowest BCUT2D eigenvalue weighted by atomic mass is 10.2. The lowest BCUT2D eigenvalue weighted by molar-refractivity contribution is -0.124. The smallest absolute Gasteiger partial charge is 0.291 e. The molecule has 1 atom stereocenters. The van der Waals surface area contributed by atoms with Gasteiger partial charge in [-0.3, -0.25) is 14.5 Å². The zero-order valence-electron chi connectivity index (χ0n) is 18.7. The predicted octanol–water partition coefficient (Wildman–Crippen LogP) is 1.59. The molecule has 1 amide bonds. The molecule has 0 spiro atoms. The minimum absolute atomic E-state index is 0.0452. The molecule has 4 rings (SSSR count). The average Bonchev–Trinajstić information content (AvgIpc) is 3.12. The van der Waals surface area contributed by atoms with Crippen LogP contribution in [0, 0.1) is 0 Å². The number of hydrogen-bond donors (Lipinski definition) is 1. The van der Waals surface area contributed by atoms with E-state index in [2.05, 4.69) is 27.1 Å². The number of carbonyl (C=O) groups excluding carboxylic acids is 1. The van der Waals surface area contributed by atoms with E-state index in [1.54, 1.807) is 13.2 Å². The van der Waals surface area contributed by atoms with E-state index in [4.69, 9.17) is 0 Å². The second-order valence-electron chi connectivity index (χ2n) is 8.21. The molecule has 8 heteroatoms. The summed E-state index contributed by atoms with van der Waals surface area (Å²) in [6.07, 6.45) is 2.32. The Morgan fingerprint density at radius 2 is 1.81 bits per heavy atom. The van der Waals surface area contributed by atoms with Gasteiger partial charge in [-0.25, -0.2) is 4.68 Å². The zero-order chi connectivity index (χ0) is 22.0. The molecular weight excluding hydrogens is 392 g/mol. The molecule has 0 bridgehead atoms. The zero-order valence-corrected chi connectivity index (χ0v) is 18.7. The van der Waals surface area contributed by atoms with Crippen LogP contribution in [0.15, 0.2) is 35.3 Å². The van der Waals surface area contributed by atoms with Crippen molar-refractivity contribution in [2.45, 2.75) is 26.3 Å². The number of likely N-dealkylation sites (N-methyl/N-ethyl adjacent to an activating group) is 1. The van der Waals surface area contributed by atoms with E-state index in [-0.39, 0.29) is 11.5 Å². The van der Waals surface area contributed by atoms with Crippen LogP contribution in [0.4, 0.5) is 0 Å². The van der Waals surface area contributed by atoms with Gasteiger partial charge in [0.1, 0.15) is 11.6 Å². The van der Waals surface area contributed by atoms with Crippen LogP contribution in [0.2, 0.25) is 0 Å². The first kappa shape index (κ1) is 21.5. The van der Waals surface area contributed by atoms with Crippen molar-refractivity contribution in [3.63, 3.8) is 0 Å². The molecule has 0 radical (unpaired) electrons. The number of fused-ring (bicyclic) bond motifs is 3. The predicted molar refractivity (Wildman–Crippen MR) is 123 cm³/mol. The third kappa shape index (κ3) is 4.09. The molecule has 1 aromatic carbocycles. The molecule has 1 fully saturated rings. The largest absolute Gasteiger partial charge is 0.353 e. The Kier molecular flexibility index (Phi) is 6.38. The number of aromatic nitrogens is 3. The summed E-state index contributed by atoms with van der Waals surface area (Å²) in [5.74, 6) is -0.0452. The van der Waals surface area contributed by atoms with Crippen LogP contribution in [-0.4, -0.2) is 75.9 Å². The van der Waals surface area contributed by atoms with Crippen LogP contribution in [0.3, 0.4) is 0 Å². The number of nitrogens with one attached hydrogen (secondary N) is 1. The van der Waals surface area contributed by atoms with Gasteiger partial charge in [0.2, 0.25) is 5.91 Å². The molecule has 0 unspecified atom stereocenters. The van der Waals surface area contributed by atoms with Crippen LogP contribution in [0.5, 0.6) is 0 Å². The fraction of sp³-hybridized carbons (Fsp3) is 0.522. The summed E-state index contributed by atoms with van der Waals surface area (Å²) in [6, 6.07) is 7.39. The summed E-state index contributed by atoms with van der Waals surface area (Å²) in [7, 11) is 1.64. The number of para-hydroxylation sites is 1. The van der Waals surface area contributed by atoms with Crippen molar-refractivity contribution in [2.75, 3.05) is 45.8 Å². The molecule has 0 aliphatic carbocycles. The van der Waals surface area contributed by atoms with Gasteiger partial charge in [0, 0.05) is 57.1 Å². The Labute approximate surface area is 182 Å². The van der Waals surface area contributed by atoms with Crippen molar-refractivity contribution >= 4 is 27.7 Å². The van der Waals surface area contributed by atoms with Gasteiger partial charge in [0.25, 0.3) is 5.56 Å². The Hall–Kier alpha value is -2.71. The number of rotatable bonds is 7. The number of aryl methyl sites for hydroxylation is 1. The lowest BCUT2D eigenvalue weighted by Crippen LogP contribution is -2.48. The minimum atomic E-state index is -0.450. The fourth-order valence-electron chi connectivity index (χ4n) is 4.58. The van der Waals surface area contributed by atoms with Gasteiger partial charge < -0.3 is 14.8 Å².